The molecular formula is C16H14FNO2S. The molecule has 0 aliphatic heterocycles. The topological polar surface area (TPSA) is 49.3 Å². The van der Waals surface area contributed by atoms with Crippen LogP contribution in [0.5, 0.6) is 0 Å². The highest BCUT2D eigenvalue weighted by molar-refractivity contribution is 7.07. The molecule has 2 rings (SSSR count). The minimum absolute atomic E-state index is 0.00191. The molecule has 0 saturated heterocycles. The normalized spacial score (nSPS) is 9.81. The highest BCUT2D eigenvalue weighted by Gasteiger charge is 2.11. The van der Waals surface area contributed by atoms with E-state index in [1.807, 2.05) is 16.8 Å². The number of carbonyl (C=O) groups is 1. The van der Waals surface area contributed by atoms with Crippen LogP contribution in [-0.2, 0) is 6.54 Å². The van der Waals surface area contributed by atoms with Crippen LogP contribution in [0.4, 0.5) is 4.39 Å². The molecule has 1 amide bonds. The molecular weight excluding hydrogens is 289 g/mol. The first kappa shape index (κ1) is 15.2. The van der Waals surface area contributed by atoms with Crippen LogP contribution in [-0.4, -0.2) is 17.6 Å². The fourth-order valence-corrected chi connectivity index (χ4v) is 2.34. The molecule has 1 aromatic carbocycles. The lowest BCUT2D eigenvalue weighted by Crippen LogP contribution is -2.23. The van der Waals surface area contributed by atoms with Crippen LogP contribution < -0.4 is 5.32 Å². The van der Waals surface area contributed by atoms with Crippen LogP contribution in [0.2, 0.25) is 0 Å². The summed E-state index contributed by atoms with van der Waals surface area (Å²) >= 11 is 1.54. The predicted molar refractivity (Wildman–Crippen MR) is 80.5 cm³/mol. The summed E-state index contributed by atoms with van der Waals surface area (Å²) in [4.78, 5) is 11.9. The Morgan fingerprint density at radius 1 is 1.38 bits per heavy atom. The van der Waals surface area contributed by atoms with Crippen molar-refractivity contribution in [1.29, 1.82) is 0 Å². The molecule has 108 valence electrons. The van der Waals surface area contributed by atoms with Crippen molar-refractivity contribution in [2.24, 2.45) is 0 Å². The first-order chi connectivity index (χ1) is 10.2. The number of carbonyl (C=O) groups excluding carboxylic acids is 1. The van der Waals surface area contributed by atoms with Crippen molar-refractivity contribution in [2.75, 3.05) is 6.61 Å². The zero-order chi connectivity index (χ0) is 15.1. The lowest BCUT2D eigenvalue weighted by atomic mass is 10.1. The number of hydrogen-bond donors (Lipinski definition) is 2. The van der Waals surface area contributed by atoms with E-state index in [1.165, 1.54) is 12.1 Å². The van der Waals surface area contributed by atoms with Gasteiger partial charge in [-0.05, 0) is 40.6 Å². The van der Waals surface area contributed by atoms with E-state index in [2.05, 4.69) is 17.2 Å². The van der Waals surface area contributed by atoms with E-state index >= 15 is 0 Å². The monoisotopic (exact) mass is 303 g/mol. The van der Waals surface area contributed by atoms with Gasteiger partial charge in [0.15, 0.2) is 0 Å². The average Bonchev–Trinajstić information content (AvgIpc) is 2.98. The van der Waals surface area contributed by atoms with Gasteiger partial charge in [0, 0.05) is 18.5 Å². The second-order valence-electron chi connectivity index (χ2n) is 4.28. The number of rotatable bonds is 4. The van der Waals surface area contributed by atoms with Gasteiger partial charge in [0.2, 0.25) is 0 Å². The standard InChI is InChI=1S/C16H14FNO2S/c17-15-9-12(3-1-2-7-19)4-5-14(15)16(20)18-10-13-6-8-21-11-13/h4-6,8-9,11,19H,2,7,10H2,(H,18,20). The number of amides is 1. The number of nitrogens with one attached hydrogen (secondary N) is 1. The van der Waals surface area contributed by atoms with Gasteiger partial charge in [0.05, 0.1) is 12.2 Å². The van der Waals surface area contributed by atoms with Gasteiger partial charge >= 0.3 is 0 Å². The van der Waals surface area contributed by atoms with E-state index in [4.69, 9.17) is 5.11 Å². The molecule has 0 atom stereocenters. The second kappa shape index (κ2) is 7.58. The third-order valence-electron chi connectivity index (χ3n) is 2.72. The predicted octanol–water partition coefficient (Wildman–Crippen LogP) is 2.55. The Kier molecular flexibility index (Phi) is 5.50. The maximum absolute atomic E-state index is 13.9. The molecule has 2 aromatic rings. The Morgan fingerprint density at radius 3 is 2.90 bits per heavy atom. The van der Waals surface area contributed by atoms with Crippen LogP contribution in [0.3, 0.4) is 0 Å². The molecule has 21 heavy (non-hydrogen) atoms. The summed E-state index contributed by atoms with van der Waals surface area (Å²) in [6.07, 6.45) is 0.338. The smallest absolute Gasteiger partial charge is 0.254 e. The largest absolute Gasteiger partial charge is 0.395 e. The van der Waals surface area contributed by atoms with Gasteiger partial charge in [-0.1, -0.05) is 11.8 Å². The molecule has 0 aliphatic rings. The lowest BCUT2D eigenvalue weighted by molar-refractivity contribution is 0.0947. The molecule has 2 N–H and O–H groups in total. The van der Waals surface area contributed by atoms with Gasteiger partial charge in [-0.3, -0.25) is 4.79 Å². The number of benzene rings is 1. The minimum atomic E-state index is -0.603. The lowest BCUT2D eigenvalue weighted by Gasteiger charge is -2.05. The van der Waals surface area contributed by atoms with Gasteiger partial charge in [0.25, 0.3) is 5.91 Å². The first-order valence-corrected chi connectivity index (χ1v) is 7.33. The minimum Gasteiger partial charge on any atom is -0.395 e. The molecule has 0 fully saturated rings. The molecule has 0 unspecified atom stereocenters. The third-order valence-corrected chi connectivity index (χ3v) is 3.45. The number of thiophene rings is 1. The molecule has 0 radical (unpaired) electrons. The molecule has 1 heterocycles. The van der Waals surface area contributed by atoms with Crippen molar-refractivity contribution < 1.29 is 14.3 Å². The molecule has 0 spiro atoms. The number of hydrogen-bond acceptors (Lipinski definition) is 3. The molecule has 1 aromatic heterocycles. The van der Waals surface area contributed by atoms with E-state index in [1.54, 1.807) is 17.4 Å². The number of aliphatic hydroxyl groups excluding tert-OH is 1. The summed E-state index contributed by atoms with van der Waals surface area (Å²) in [6.45, 7) is 0.346. The van der Waals surface area contributed by atoms with Crippen molar-refractivity contribution in [3.05, 3.63) is 57.5 Å². The summed E-state index contributed by atoms with van der Waals surface area (Å²) < 4.78 is 13.9. The van der Waals surface area contributed by atoms with E-state index in [0.29, 0.717) is 18.5 Å². The highest BCUT2D eigenvalue weighted by atomic mass is 32.1. The SMILES string of the molecule is O=C(NCc1ccsc1)c1ccc(C#CCCO)cc1F. The van der Waals surface area contributed by atoms with Gasteiger partial charge in [-0.15, -0.1) is 0 Å². The quantitative estimate of drug-likeness (QED) is 0.853. The zero-order valence-corrected chi connectivity index (χ0v) is 12.0. The Labute approximate surface area is 126 Å². The number of aliphatic hydroxyl groups is 1. The summed E-state index contributed by atoms with van der Waals surface area (Å²) in [5.41, 5.74) is 1.47. The zero-order valence-electron chi connectivity index (χ0n) is 11.2. The van der Waals surface area contributed by atoms with Gasteiger partial charge < -0.3 is 10.4 Å². The summed E-state index contributed by atoms with van der Waals surface area (Å²) in [5.74, 6) is 4.38. The van der Waals surface area contributed by atoms with Crippen molar-refractivity contribution in [2.45, 2.75) is 13.0 Å². The Morgan fingerprint density at radius 2 is 2.24 bits per heavy atom. The maximum atomic E-state index is 13.9. The van der Waals surface area contributed by atoms with E-state index in [9.17, 15) is 9.18 Å². The van der Waals surface area contributed by atoms with Crippen molar-refractivity contribution >= 4 is 17.2 Å². The van der Waals surface area contributed by atoms with Crippen molar-refractivity contribution in [3.63, 3.8) is 0 Å². The third kappa shape index (κ3) is 4.42. The first-order valence-electron chi connectivity index (χ1n) is 6.39. The van der Waals surface area contributed by atoms with Crippen LogP contribution in [0.1, 0.15) is 27.9 Å². The number of halogens is 1. The van der Waals surface area contributed by atoms with Gasteiger partial charge in [-0.2, -0.15) is 11.3 Å². The summed E-state index contributed by atoms with van der Waals surface area (Å²) in [7, 11) is 0. The molecule has 0 aliphatic carbocycles. The van der Waals surface area contributed by atoms with E-state index in [-0.39, 0.29) is 12.2 Å². The van der Waals surface area contributed by atoms with Crippen molar-refractivity contribution in [1.82, 2.24) is 5.32 Å². The van der Waals surface area contributed by atoms with Crippen LogP contribution >= 0.6 is 11.3 Å². The molecule has 3 nitrogen and oxygen atoms in total. The van der Waals surface area contributed by atoms with E-state index < -0.39 is 11.7 Å². The Balaban J connectivity index is 2.03. The van der Waals surface area contributed by atoms with E-state index in [0.717, 1.165) is 5.56 Å². The Bertz CT molecular complexity index is 671. The average molecular weight is 303 g/mol. The molecule has 0 bridgehead atoms. The van der Waals surface area contributed by atoms with Gasteiger partial charge in [0.1, 0.15) is 5.82 Å². The fourth-order valence-electron chi connectivity index (χ4n) is 1.67. The van der Waals surface area contributed by atoms with Crippen LogP contribution in [0, 0.1) is 17.7 Å². The summed E-state index contributed by atoms with van der Waals surface area (Å²) in [5, 5.41) is 15.1. The Hall–Kier alpha value is -2.16. The van der Waals surface area contributed by atoms with Crippen LogP contribution in [0.15, 0.2) is 35.0 Å². The maximum Gasteiger partial charge on any atom is 0.254 e. The summed E-state index contributed by atoms with van der Waals surface area (Å²) in [6, 6.07) is 6.14. The molecule has 0 saturated carbocycles. The fraction of sp³-hybridized carbons (Fsp3) is 0.188. The molecule has 5 heteroatoms. The van der Waals surface area contributed by atoms with Crippen LogP contribution in [0.25, 0.3) is 0 Å². The highest BCUT2D eigenvalue weighted by Crippen LogP contribution is 2.11. The van der Waals surface area contributed by atoms with Gasteiger partial charge in [-0.25, -0.2) is 4.39 Å². The van der Waals surface area contributed by atoms with Crippen molar-refractivity contribution in [3.8, 4) is 11.8 Å². The second-order valence-corrected chi connectivity index (χ2v) is 5.06.